The maximum atomic E-state index is 11.8. The lowest BCUT2D eigenvalue weighted by Gasteiger charge is -2.24. The molecular weight excluding hydrogens is 352 g/mol. The minimum absolute atomic E-state index is 0.238. The Morgan fingerprint density at radius 1 is 1.42 bits per heavy atom. The van der Waals surface area contributed by atoms with E-state index in [1.165, 1.54) is 16.3 Å². The normalized spacial score (nSPS) is 11.9. The van der Waals surface area contributed by atoms with Gasteiger partial charge in [-0.05, 0) is 31.2 Å². The summed E-state index contributed by atoms with van der Waals surface area (Å²) in [6, 6.07) is 6.68. The molecule has 9 heteroatoms. The molecule has 3 heterocycles. The maximum Gasteiger partial charge on any atom is 0.252 e. The predicted molar refractivity (Wildman–Crippen MR) is 102 cm³/mol. The number of hydrazine groups is 1. The Balaban J connectivity index is 1.99. The summed E-state index contributed by atoms with van der Waals surface area (Å²) < 4.78 is 0. The van der Waals surface area contributed by atoms with Gasteiger partial charge in [-0.15, -0.1) is 11.3 Å². The van der Waals surface area contributed by atoms with Crippen molar-refractivity contribution in [1.82, 2.24) is 9.97 Å². The second-order valence-corrected chi connectivity index (χ2v) is 6.58. The Morgan fingerprint density at radius 3 is 2.96 bits per heavy atom. The van der Waals surface area contributed by atoms with Gasteiger partial charge in [0, 0.05) is 23.4 Å². The molecule has 0 aliphatic rings. The van der Waals surface area contributed by atoms with Crippen molar-refractivity contribution in [2.75, 3.05) is 10.3 Å². The number of rotatable bonds is 7. The molecule has 3 aromatic rings. The first-order valence-corrected chi connectivity index (χ1v) is 8.77. The summed E-state index contributed by atoms with van der Waals surface area (Å²) >= 11 is 1.48. The first-order chi connectivity index (χ1) is 12.5. The van der Waals surface area contributed by atoms with Gasteiger partial charge in [0.1, 0.15) is 22.8 Å². The van der Waals surface area contributed by atoms with Gasteiger partial charge in [-0.3, -0.25) is 9.80 Å². The lowest BCUT2D eigenvalue weighted by atomic mass is 10.2. The second kappa shape index (κ2) is 7.46. The predicted octanol–water partition coefficient (Wildman–Crippen LogP) is 2.19. The molecule has 0 aliphatic carbocycles. The number of hydrogen-bond acceptors (Lipinski definition) is 8. The van der Waals surface area contributed by atoms with Crippen LogP contribution in [0.25, 0.3) is 10.2 Å². The summed E-state index contributed by atoms with van der Waals surface area (Å²) in [5.74, 6) is 6.16. The van der Waals surface area contributed by atoms with Crippen molar-refractivity contribution < 1.29 is 9.59 Å². The zero-order chi connectivity index (χ0) is 18.7. The van der Waals surface area contributed by atoms with Crippen molar-refractivity contribution in [2.45, 2.75) is 19.4 Å². The Kier molecular flexibility index (Phi) is 5.10. The van der Waals surface area contributed by atoms with Crippen LogP contribution < -0.4 is 21.9 Å². The van der Waals surface area contributed by atoms with Crippen LogP contribution in [0.2, 0.25) is 0 Å². The van der Waals surface area contributed by atoms with Crippen molar-refractivity contribution in [1.29, 1.82) is 0 Å². The van der Waals surface area contributed by atoms with Crippen molar-refractivity contribution in [3.63, 3.8) is 0 Å². The third kappa shape index (κ3) is 3.48. The van der Waals surface area contributed by atoms with Crippen molar-refractivity contribution in [3.8, 4) is 0 Å². The van der Waals surface area contributed by atoms with Crippen LogP contribution in [-0.2, 0) is 4.79 Å². The average Bonchev–Trinajstić information content (AvgIpc) is 3.04. The molecule has 5 N–H and O–H groups in total. The van der Waals surface area contributed by atoms with E-state index in [-0.39, 0.29) is 18.0 Å². The van der Waals surface area contributed by atoms with Crippen molar-refractivity contribution in [2.24, 2.45) is 11.6 Å². The van der Waals surface area contributed by atoms with Gasteiger partial charge in [-0.1, -0.05) is 0 Å². The smallest absolute Gasteiger partial charge is 0.252 e. The molecule has 8 nitrogen and oxygen atoms in total. The molecule has 0 aliphatic heterocycles. The van der Waals surface area contributed by atoms with Crippen LogP contribution in [0.15, 0.2) is 35.8 Å². The van der Waals surface area contributed by atoms with E-state index in [1.54, 1.807) is 18.3 Å². The highest BCUT2D eigenvalue weighted by Crippen LogP contribution is 2.31. The number of aromatic nitrogens is 2. The Labute approximate surface area is 153 Å². The SMILES string of the molecule is CC(CC=O)N(N)c1ccc(C(N)=O)c(Nc2csc3ncccc23)n1. The van der Waals surface area contributed by atoms with E-state index in [0.717, 1.165) is 22.2 Å². The molecule has 1 unspecified atom stereocenters. The lowest BCUT2D eigenvalue weighted by Crippen LogP contribution is -2.40. The fourth-order valence-electron chi connectivity index (χ4n) is 2.46. The third-order valence-corrected chi connectivity index (χ3v) is 4.83. The van der Waals surface area contributed by atoms with Crippen molar-refractivity contribution >= 4 is 51.1 Å². The number of aldehydes is 1. The maximum absolute atomic E-state index is 11.8. The van der Waals surface area contributed by atoms with Gasteiger partial charge in [0.15, 0.2) is 0 Å². The number of nitrogens with one attached hydrogen (secondary N) is 1. The van der Waals surface area contributed by atoms with Crippen LogP contribution in [0, 0.1) is 0 Å². The molecule has 1 amide bonds. The Bertz CT molecular complexity index is 957. The van der Waals surface area contributed by atoms with Crippen LogP contribution in [0.3, 0.4) is 0 Å². The number of hydrogen-bond donors (Lipinski definition) is 3. The van der Waals surface area contributed by atoms with E-state index in [4.69, 9.17) is 11.6 Å². The number of primary amides is 1. The average molecular weight is 370 g/mol. The topological polar surface area (TPSA) is 127 Å². The van der Waals surface area contributed by atoms with E-state index in [1.807, 2.05) is 24.4 Å². The number of carbonyl (C=O) groups is 2. The number of nitrogens with zero attached hydrogens (tertiary/aromatic N) is 3. The van der Waals surface area contributed by atoms with Crippen LogP contribution in [-0.4, -0.2) is 28.2 Å². The quantitative estimate of drug-likeness (QED) is 0.330. The number of amides is 1. The van der Waals surface area contributed by atoms with Gasteiger partial charge in [-0.25, -0.2) is 15.8 Å². The largest absolute Gasteiger partial charge is 0.365 e. The number of pyridine rings is 2. The summed E-state index contributed by atoms with van der Waals surface area (Å²) in [6.07, 6.45) is 2.78. The number of thiophene rings is 1. The molecule has 0 spiro atoms. The number of nitrogens with two attached hydrogens (primary N) is 2. The number of carbonyl (C=O) groups excluding carboxylic acids is 2. The molecule has 1 atom stereocenters. The third-order valence-electron chi connectivity index (χ3n) is 3.93. The molecule has 0 aromatic carbocycles. The molecule has 3 aromatic heterocycles. The Morgan fingerprint density at radius 2 is 2.23 bits per heavy atom. The zero-order valence-electron chi connectivity index (χ0n) is 14.0. The molecule has 0 saturated carbocycles. The number of fused-ring (bicyclic) bond motifs is 1. The fraction of sp³-hybridized carbons (Fsp3) is 0.176. The summed E-state index contributed by atoms with van der Waals surface area (Å²) in [4.78, 5) is 32.1. The molecule has 0 saturated heterocycles. The van der Waals surface area contributed by atoms with Crippen LogP contribution in [0.5, 0.6) is 0 Å². The fourth-order valence-corrected chi connectivity index (χ4v) is 3.30. The van der Waals surface area contributed by atoms with Gasteiger partial charge in [0.2, 0.25) is 0 Å². The minimum atomic E-state index is -0.603. The molecule has 3 rings (SSSR count). The Hall–Kier alpha value is -3.04. The molecular formula is C17H18N6O2S. The first-order valence-electron chi connectivity index (χ1n) is 7.89. The van der Waals surface area contributed by atoms with Crippen LogP contribution >= 0.6 is 11.3 Å². The van der Waals surface area contributed by atoms with E-state index >= 15 is 0 Å². The van der Waals surface area contributed by atoms with E-state index in [9.17, 15) is 9.59 Å². The summed E-state index contributed by atoms with van der Waals surface area (Å²) in [5.41, 5.74) is 6.49. The zero-order valence-corrected chi connectivity index (χ0v) is 14.9. The van der Waals surface area contributed by atoms with E-state index in [0.29, 0.717) is 11.6 Å². The molecule has 26 heavy (non-hydrogen) atoms. The molecule has 0 fully saturated rings. The lowest BCUT2D eigenvalue weighted by molar-refractivity contribution is -0.108. The molecule has 134 valence electrons. The van der Waals surface area contributed by atoms with Crippen molar-refractivity contribution in [3.05, 3.63) is 41.4 Å². The standard InChI is InChI=1S/C17H18N6O2S/c1-10(6-8-24)23(19)14-5-4-12(15(18)25)16(22-14)21-13-9-26-17-11(13)3-2-7-20-17/h2-5,7-10H,6,19H2,1H3,(H2,18,25)(H,21,22). The van der Waals surface area contributed by atoms with Crippen LogP contribution in [0.1, 0.15) is 23.7 Å². The van der Waals surface area contributed by atoms with Gasteiger partial charge >= 0.3 is 0 Å². The van der Waals surface area contributed by atoms with Gasteiger partial charge in [0.25, 0.3) is 5.91 Å². The van der Waals surface area contributed by atoms with E-state index < -0.39 is 5.91 Å². The number of anilines is 3. The van der Waals surface area contributed by atoms with Gasteiger partial charge < -0.3 is 15.8 Å². The molecule has 0 bridgehead atoms. The van der Waals surface area contributed by atoms with Crippen LogP contribution in [0.4, 0.5) is 17.3 Å². The highest BCUT2D eigenvalue weighted by Gasteiger charge is 2.17. The first kappa shape index (κ1) is 17.8. The van der Waals surface area contributed by atoms with Gasteiger partial charge in [-0.2, -0.15) is 0 Å². The van der Waals surface area contributed by atoms with Gasteiger partial charge in [0.05, 0.1) is 17.3 Å². The highest BCUT2D eigenvalue weighted by molar-refractivity contribution is 7.17. The minimum Gasteiger partial charge on any atom is -0.365 e. The van der Waals surface area contributed by atoms with E-state index in [2.05, 4.69) is 15.3 Å². The molecule has 0 radical (unpaired) electrons. The summed E-state index contributed by atoms with van der Waals surface area (Å²) in [6.45, 7) is 1.81. The second-order valence-electron chi connectivity index (χ2n) is 5.72. The highest BCUT2D eigenvalue weighted by atomic mass is 32.1. The summed E-state index contributed by atoms with van der Waals surface area (Å²) in [7, 11) is 0. The summed E-state index contributed by atoms with van der Waals surface area (Å²) in [5, 5.41) is 7.35. The monoisotopic (exact) mass is 370 g/mol.